The third kappa shape index (κ3) is 4.15. The van der Waals surface area contributed by atoms with Crippen LogP contribution in [0.25, 0.3) is 83.6 Å². The zero-order valence-electron chi connectivity index (χ0n) is 24.4. The molecule has 9 rings (SSSR count). The van der Waals surface area contributed by atoms with Gasteiger partial charge in [0.1, 0.15) is 11.2 Å². The number of para-hydroxylation sites is 2. The van der Waals surface area contributed by atoms with E-state index in [1.54, 1.807) is 0 Å². The lowest BCUT2D eigenvalue weighted by Gasteiger charge is -2.11. The molecule has 0 aliphatic heterocycles. The quantitative estimate of drug-likeness (QED) is 0.204. The van der Waals surface area contributed by atoms with Crippen LogP contribution in [0.2, 0.25) is 0 Å². The number of rotatable bonds is 4. The number of furan rings is 1. The standard InChI is InChI=1S/C40H23N5O/c41-24-25-10-8-13-27(20-25)28-14-9-15-29(21-28)39-42-38(26-11-2-1-3-12-26)43-40(44-39)45-34-18-6-4-16-30(34)32-23-37-33(22-35(32)45)31-17-5-7-19-36(31)46-37/h1-23H. The summed E-state index contributed by atoms with van der Waals surface area (Å²) in [6, 6.07) is 48.7. The topological polar surface area (TPSA) is 80.5 Å². The fourth-order valence-electron chi connectivity index (χ4n) is 6.32. The van der Waals surface area contributed by atoms with Gasteiger partial charge in [-0.05, 0) is 53.6 Å². The minimum Gasteiger partial charge on any atom is -0.456 e. The van der Waals surface area contributed by atoms with E-state index in [1.807, 2.05) is 97.1 Å². The molecule has 214 valence electrons. The first-order chi connectivity index (χ1) is 22.7. The lowest BCUT2D eigenvalue weighted by Crippen LogP contribution is -2.06. The lowest BCUT2D eigenvalue weighted by molar-refractivity contribution is 0.669. The second-order valence-corrected chi connectivity index (χ2v) is 11.2. The van der Waals surface area contributed by atoms with Crippen LogP contribution in [-0.4, -0.2) is 19.5 Å². The molecule has 0 aliphatic carbocycles. The van der Waals surface area contributed by atoms with Gasteiger partial charge in [0.2, 0.25) is 5.95 Å². The fourth-order valence-corrected chi connectivity index (χ4v) is 6.32. The van der Waals surface area contributed by atoms with Gasteiger partial charge >= 0.3 is 0 Å². The maximum Gasteiger partial charge on any atom is 0.238 e. The molecule has 0 fully saturated rings. The van der Waals surface area contributed by atoms with E-state index in [9.17, 15) is 5.26 Å². The molecule has 0 radical (unpaired) electrons. The molecule has 46 heavy (non-hydrogen) atoms. The second-order valence-electron chi connectivity index (χ2n) is 11.2. The predicted molar refractivity (Wildman–Crippen MR) is 182 cm³/mol. The normalized spacial score (nSPS) is 11.5. The first-order valence-corrected chi connectivity index (χ1v) is 15.0. The van der Waals surface area contributed by atoms with E-state index < -0.39 is 0 Å². The molecule has 6 nitrogen and oxygen atoms in total. The molecule has 0 amide bonds. The Morgan fingerprint density at radius 1 is 0.478 bits per heavy atom. The van der Waals surface area contributed by atoms with Crippen molar-refractivity contribution in [2.24, 2.45) is 0 Å². The van der Waals surface area contributed by atoms with E-state index in [0.717, 1.165) is 66.0 Å². The highest BCUT2D eigenvalue weighted by molar-refractivity contribution is 6.16. The number of fused-ring (bicyclic) bond motifs is 6. The van der Waals surface area contributed by atoms with Gasteiger partial charge in [0.05, 0.1) is 22.7 Å². The van der Waals surface area contributed by atoms with Gasteiger partial charge in [-0.25, -0.2) is 4.98 Å². The minimum atomic E-state index is 0.527. The molecular formula is C40H23N5O. The van der Waals surface area contributed by atoms with Crippen molar-refractivity contribution in [1.82, 2.24) is 19.5 Å². The van der Waals surface area contributed by atoms with Gasteiger partial charge in [-0.1, -0.05) is 97.1 Å². The zero-order chi connectivity index (χ0) is 30.6. The smallest absolute Gasteiger partial charge is 0.238 e. The Kier molecular flexibility index (Phi) is 5.77. The maximum atomic E-state index is 9.47. The van der Waals surface area contributed by atoms with Crippen LogP contribution >= 0.6 is 0 Å². The van der Waals surface area contributed by atoms with Crippen LogP contribution in [-0.2, 0) is 0 Å². The monoisotopic (exact) mass is 589 g/mol. The summed E-state index contributed by atoms with van der Waals surface area (Å²) in [6.45, 7) is 0. The number of nitriles is 1. The van der Waals surface area contributed by atoms with Crippen LogP contribution in [0.3, 0.4) is 0 Å². The van der Waals surface area contributed by atoms with Crippen molar-refractivity contribution in [3.63, 3.8) is 0 Å². The van der Waals surface area contributed by atoms with Gasteiger partial charge in [-0.15, -0.1) is 0 Å². The Balaban J connectivity index is 1.32. The van der Waals surface area contributed by atoms with E-state index in [2.05, 4.69) is 53.1 Å². The summed E-state index contributed by atoms with van der Waals surface area (Å²) in [5.41, 5.74) is 7.97. The summed E-state index contributed by atoms with van der Waals surface area (Å²) in [5, 5.41) is 13.7. The van der Waals surface area contributed by atoms with E-state index in [0.29, 0.717) is 23.2 Å². The minimum absolute atomic E-state index is 0.527. The summed E-state index contributed by atoms with van der Waals surface area (Å²) < 4.78 is 8.40. The van der Waals surface area contributed by atoms with Gasteiger partial charge in [-0.2, -0.15) is 15.2 Å². The van der Waals surface area contributed by atoms with Crippen molar-refractivity contribution in [2.75, 3.05) is 0 Å². The molecular weight excluding hydrogens is 566 g/mol. The first kappa shape index (κ1) is 25.9. The van der Waals surface area contributed by atoms with Crippen LogP contribution in [0.4, 0.5) is 0 Å². The third-order valence-corrected chi connectivity index (χ3v) is 8.47. The fraction of sp³-hybridized carbons (Fsp3) is 0. The molecule has 0 saturated heterocycles. The predicted octanol–water partition coefficient (Wildman–Crippen LogP) is 9.74. The first-order valence-electron chi connectivity index (χ1n) is 15.0. The molecule has 3 aromatic heterocycles. The van der Waals surface area contributed by atoms with E-state index in [1.165, 1.54) is 0 Å². The number of hydrogen-bond acceptors (Lipinski definition) is 5. The molecule has 6 aromatic carbocycles. The molecule has 0 N–H and O–H groups in total. The second kappa shape index (κ2) is 10.3. The van der Waals surface area contributed by atoms with E-state index in [4.69, 9.17) is 19.4 Å². The number of hydrogen-bond donors (Lipinski definition) is 0. The highest BCUT2D eigenvalue weighted by Crippen LogP contribution is 2.38. The van der Waals surface area contributed by atoms with Crippen molar-refractivity contribution in [1.29, 1.82) is 5.26 Å². The molecule has 0 atom stereocenters. The van der Waals surface area contributed by atoms with Crippen molar-refractivity contribution >= 4 is 43.7 Å². The van der Waals surface area contributed by atoms with E-state index >= 15 is 0 Å². The van der Waals surface area contributed by atoms with Crippen LogP contribution in [0.1, 0.15) is 5.56 Å². The van der Waals surface area contributed by atoms with Crippen LogP contribution in [0.5, 0.6) is 0 Å². The Morgan fingerprint density at radius 2 is 1.15 bits per heavy atom. The Hall–Kier alpha value is -6.58. The Morgan fingerprint density at radius 3 is 2.00 bits per heavy atom. The molecule has 0 saturated carbocycles. The molecule has 6 heteroatoms. The van der Waals surface area contributed by atoms with Gasteiger partial charge in [0.15, 0.2) is 11.6 Å². The highest BCUT2D eigenvalue weighted by Gasteiger charge is 2.20. The van der Waals surface area contributed by atoms with Crippen LogP contribution < -0.4 is 0 Å². The van der Waals surface area contributed by atoms with Gasteiger partial charge in [0.25, 0.3) is 0 Å². The van der Waals surface area contributed by atoms with Crippen molar-refractivity contribution in [2.45, 2.75) is 0 Å². The molecule has 9 aromatic rings. The summed E-state index contributed by atoms with van der Waals surface area (Å²) in [4.78, 5) is 15.2. The zero-order valence-corrected chi connectivity index (χ0v) is 24.4. The number of nitrogens with zero attached hydrogens (tertiary/aromatic N) is 5. The average molecular weight is 590 g/mol. The molecule has 0 aliphatic rings. The molecule has 0 unspecified atom stereocenters. The molecule has 0 bridgehead atoms. The highest BCUT2D eigenvalue weighted by atomic mass is 16.3. The van der Waals surface area contributed by atoms with Crippen LogP contribution in [0, 0.1) is 11.3 Å². The summed E-state index contributed by atoms with van der Waals surface area (Å²) >= 11 is 0. The Labute approximate surface area is 263 Å². The van der Waals surface area contributed by atoms with Crippen LogP contribution in [0.15, 0.2) is 144 Å². The van der Waals surface area contributed by atoms with Gasteiger partial charge in [-0.3, -0.25) is 4.57 Å². The van der Waals surface area contributed by atoms with Crippen molar-refractivity contribution in [3.8, 4) is 45.9 Å². The summed E-state index contributed by atoms with van der Waals surface area (Å²) in [6.07, 6.45) is 0. The lowest BCUT2D eigenvalue weighted by atomic mass is 10.0. The third-order valence-electron chi connectivity index (χ3n) is 8.47. The molecule has 0 spiro atoms. The van der Waals surface area contributed by atoms with Gasteiger partial charge in [0, 0.05) is 32.7 Å². The largest absolute Gasteiger partial charge is 0.456 e. The van der Waals surface area contributed by atoms with Gasteiger partial charge < -0.3 is 4.42 Å². The van der Waals surface area contributed by atoms with Crippen molar-refractivity contribution < 1.29 is 4.42 Å². The SMILES string of the molecule is N#Cc1cccc(-c2cccc(-c3nc(-c4ccccc4)nc(-n4c5ccccc5c5cc6oc7ccccc7c6cc54)n3)c2)c1. The van der Waals surface area contributed by atoms with Crippen molar-refractivity contribution in [3.05, 3.63) is 145 Å². The van der Waals surface area contributed by atoms with E-state index in [-0.39, 0.29) is 0 Å². The average Bonchev–Trinajstić information content (AvgIpc) is 3.65. The maximum absolute atomic E-state index is 9.47. The summed E-state index contributed by atoms with van der Waals surface area (Å²) in [7, 11) is 0. The number of benzene rings is 6. The Bertz CT molecular complexity index is 2660. The number of aromatic nitrogens is 4. The summed E-state index contributed by atoms with van der Waals surface area (Å²) in [5.74, 6) is 1.67. The molecule has 3 heterocycles.